The van der Waals surface area contributed by atoms with Gasteiger partial charge in [-0.15, -0.1) is 0 Å². The lowest BCUT2D eigenvalue weighted by molar-refractivity contribution is -0.137. The Hall–Kier alpha value is -1.10. The summed E-state index contributed by atoms with van der Waals surface area (Å²) in [6, 6.07) is -0.0482. The van der Waals surface area contributed by atoms with E-state index < -0.39 is 5.97 Å². The molecule has 2 aliphatic heterocycles. The van der Waals surface area contributed by atoms with E-state index in [0.717, 1.165) is 51.9 Å². The van der Waals surface area contributed by atoms with Gasteiger partial charge in [-0.2, -0.15) is 0 Å². The predicted octanol–water partition coefficient (Wildman–Crippen LogP) is 1.18. The third-order valence-electron chi connectivity index (χ3n) is 4.41. The largest absolute Gasteiger partial charge is 0.481 e. The summed E-state index contributed by atoms with van der Waals surface area (Å²) >= 11 is 0. The van der Waals surface area contributed by atoms with Crippen LogP contribution in [0.5, 0.6) is 0 Å². The van der Waals surface area contributed by atoms with Crippen molar-refractivity contribution in [2.24, 2.45) is 5.92 Å². The average Bonchev–Trinajstić information content (AvgIpc) is 3.05. The van der Waals surface area contributed by atoms with E-state index in [1.54, 1.807) is 0 Å². The highest BCUT2D eigenvalue weighted by Gasteiger charge is 2.32. The number of likely N-dealkylation sites (tertiary alicyclic amines) is 2. The maximum absolute atomic E-state index is 12.3. The number of amides is 1. The SMILES string of the molecule is CC(C(=O)N1CCCC1)N1CCC(CCC(=O)O)C1. The van der Waals surface area contributed by atoms with Crippen LogP contribution in [0.25, 0.3) is 0 Å². The van der Waals surface area contributed by atoms with Crippen molar-refractivity contribution in [3.8, 4) is 0 Å². The molecule has 0 aromatic rings. The van der Waals surface area contributed by atoms with Crippen molar-refractivity contribution in [2.45, 2.75) is 45.1 Å². The molecule has 2 atom stereocenters. The van der Waals surface area contributed by atoms with Gasteiger partial charge in [-0.3, -0.25) is 14.5 Å². The molecule has 2 aliphatic rings. The number of aliphatic carboxylic acids is 1. The first kappa shape index (κ1) is 14.3. The summed E-state index contributed by atoms with van der Waals surface area (Å²) in [7, 11) is 0. The van der Waals surface area contributed by atoms with E-state index in [1.807, 2.05) is 11.8 Å². The Kier molecular flexibility index (Phi) is 4.80. The highest BCUT2D eigenvalue weighted by molar-refractivity contribution is 5.81. The van der Waals surface area contributed by atoms with Gasteiger partial charge in [0.1, 0.15) is 0 Å². The van der Waals surface area contributed by atoms with Crippen LogP contribution in [0.4, 0.5) is 0 Å². The van der Waals surface area contributed by atoms with Gasteiger partial charge < -0.3 is 10.0 Å². The molecule has 1 amide bonds. The Morgan fingerprint density at radius 2 is 1.95 bits per heavy atom. The van der Waals surface area contributed by atoms with Crippen LogP contribution < -0.4 is 0 Å². The maximum Gasteiger partial charge on any atom is 0.303 e. The van der Waals surface area contributed by atoms with E-state index in [4.69, 9.17) is 5.11 Å². The van der Waals surface area contributed by atoms with Gasteiger partial charge in [-0.1, -0.05) is 0 Å². The molecular formula is C14H24N2O3. The molecular weight excluding hydrogens is 244 g/mol. The molecule has 0 radical (unpaired) electrons. The van der Waals surface area contributed by atoms with E-state index in [1.165, 1.54) is 0 Å². The van der Waals surface area contributed by atoms with Crippen molar-refractivity contribution < 1.29 is 14.7 Å². The van der Waals surface area contributed by atoms with E-state index in [-0.39, 0.29) is 18.4 Å². The van der Waals surface area contributed by atoms with Crippen LogP contribution >= 0.6 is 0 Å². The number of nitrogens with zero attached hydrogens (tertiary/aromatic N) is 2. The van der Waals surface area contributed by atoms with Crippen molar-refractivity contribution in [2.75, 3.05) is 26.2 Å². The zero-order valence-electron chi connectivity index (χ0n) is 11.7. The van der Waals surface area contributed by atoms with Crippen molar-refractivity contribution >= 4 is 11.9 Å². The molecule has 1 N–H and O–H groups in total. The first-order valence-electron chi connectivity index (χ1n) is 7.32. The van der Waals surface area contributed by atoms with E-state index in [0.29, 0.717) is 5.92 Å². The number of carboxylic acid groups (broad SMARTS) is 1. The van der Waals surface area contributed by atoms with Gasteiger partial charge >= 0.3 is 5.97 Å². The minimum absolute atomic E-state index is 0.0482. The number of carboxylic acids is 1. The molecule has 2 fully saturated rings. The van der Waals surface area contributed by atoms with Gasteiger partial charge in [0, 0.05) is 26.1 Å². The second-order valence-corrected chi connectivity index (χ2v) is 5.79. The summed E-state index contributed by atoms with van der Waals surface area (Å²) in [6.45, 7) is 5.58. The van der Waals surface area contributed by atoms with Gasteiger partial charge in [0.15, 0.2) is 0 Å². The summed E-state index contributed by atoms with van der Waals surface area (Å²) in [5, 5.41) is 8.71. The summed E-state index contributed by atoms with van der Waals surface area (Å²) in [6.07, 6.45) is 4.24. The zero-order valence-corrected chi connectivity index (χ0v) is 11.7. The minimum atomic E-state index is -0.723. The summed E-state index contributed by atoms with van der Waals surface area (Å²) < 4.78 is 0. The van der Waals surface area contributed by atoms with Crippen molar-refractivity contribution in [1.29, 1.82) is 0 Å². The first-order valence-corrected chi connectivity index (χ1v) is 7.32. The smallest absolute Gasteiger partial charge is 0.303 e. The standard InChI is InChI=1S/C14H24N2O3/c1-11(14(19)15-7-2-3-8-15)16-9-6-12(10-16)4-5-13(17)18/h11-12H,2-10H2,1H3,(H,17,18). The van der Waals surface area contributed by atoms with Crippen molar-refractivity contribution in [1.82, 2.24) is 9.80 Å². The van der Waals surface area contributed by atoms with Crippen LogP contribution in [-0.4, -0.2) is 59.0 Å². The molecule has 0 aromatic heterocycles. The van der Waals surface area contributed by atoms with Crippen LogP contribution in [0.2, 0.25) is 0 Å². The zero-order chi connectivity index (χ0) is 13.8. The Morgan fingerprint density at radius 1 is 1.26 bits per heavy atom. The Labute approximate surface area is 114 Å². The van der Waals surface area contributed by atoms with Gasteiger partial charge in [-0.05, 0) is 45.1 Å². The van der Waals surface area contributed by atoms with E-state index >= 15 is 0 Å². The number of hydrogen-bond donors (Lipinski definition) is 1. The van der Waals surface area contributed by atoms with E-state index in [9.17, 15) is 9.59 Å². The van der Waals surface area contributed by atoms with Crippen molar-refractivity contribution in [3.63, 3.8) is 0 Å². The topological polar surface area (TPSA) is 60.9 Å². The molecule has 0 saturated carbocycles. The second-order valence-electron chi connectivity index (χ2n) is 5.79. The van der Waals surface area contributed by atoms with Crippen LogP contribution in [0.1, 0.15) is 39.0 Å². The molecule has 0 aliphatic carbocycles. The Balaban J connectivity index is 1.79. The maximum atomic E-state index is 12.3. The molecule has 5 nitrogen and oxygen atoms in total. The molecule has 2 unspecified atom stereocenters. The number of hydrogen-bond acceptors (Lipinski definition) is 3. The van der Waals surface area contributed by atoms with E-state index in [2.05, 4.69) is 4.90 Å². The number of carbonyl (C=O) groups is 2. The summed E-state index contributed by atoms with van der Waals surface area (Å²) in [5.41, 5.74) is 0. The summed E-state index contributed by atoms with van der Waals surface area (Å²) in [4.78, 5) is 27.1. The van der Waals surface area contributed by atoms with Gasteiger partial charge in [0.25, 0.3) is 0 Å². The van der Waals surface area contributed by atoms with Crippen LogP contribution in [0.3, 0.4) is 0 Å². The molecule has 2 heterocycles. The molecule has 0 spiro atoms. The number of carbonyl (C=O) groups excluding carboxylic acids is 1. The molecule has 0 aromatic carbocycles. The van der Waals surface area contributed by atoms with Crippen molar-refractivity contribution in [3.05, 3.63) is 0 Å². The fourth-order valence-electron chi connectivity index (χ4n) is 3.14. The monoisotopic (exact) mass is 268 g/mol. The fraction of sp³-hybridized carbons (Fsp3) is 0.857. The molecule has 2 saturated heterocycles. The lowest BCUT2D eigenvalue weighted by atomic mass is 10.0. The van der Waals surface area contributed by atoms with Crippen LogP contribution in [0, 0.1) is 5.92 Å². The average molecular weight is 268 g/mol. The second kappa shape index (κ2) is 6.37. The predicted molar refractivity (Wildman–Crippen MR) is 71.8 cm³/mol. The lowest BCUT2D eigenvalue weighted by Gasteiger charge is -2.27. The van der Waals surface area contributed by atoms with Gasteiger partial charge in [-0.25, -0.2) is 0 Å². The third-order valence-corrected chi connectivity index (χ3v) is 4.41. The normalized spacial score (nSPS) is 25.7. The molecule has 2 rings (SSSR count). The van der Waals surface area contributed by atoms with Gasteiger partial charge in [0.2, 0.25) is 5.91 Å². The Morgan fingerprint density at radius 3 is 2.58 bits per heavy atom. The molecule has 0 bridgehead atoms. The third kappa shape index (κ3) is 3.69. The highest BCUT2D eigenvalue weighted by atomic mass is 16.4. The Bertz CT molecular complexity index is 340. The number of rotatable bonds is 5. The molecule has 108 valence electrons. The summed E-state index contributed by atoms with van der Waals surface area (Å²) in [5.74, 6) is -0.0408. The van der Waals surface area contributed by atoms with Gasteiger partial charge in [0.05, 0.1) is 6.04 Å². The van der Waals surface area contributed by atoms with Crippen LogP contribution in [0.15, 0.2) is 0 Å². The highest BCUT2D eigenvalue weighted by Crippen LogP contribution is 2.24. The molecule has 5 heteroatoms. The quantitative estimate of drug-likeness (QED) is 0.813. The fourth-order valence-corrected chi connectivity index (χ4v) is 3.14. The first-order chi connectivity index (χ1) is 9.08. The van der Waals surface area contributed by atoms with Crippen LogP contribution in [-0.2, 0) is 9.59 Å². The molecule has 19 heavy (non-hydrogen) atoms. The lowest BCUT2D eigenvalue weighted by Crippen LogP contribution is -2.45. The minimum Gasteiger partial charge on any atom is -0.481 e.